The van der Waals surface area contributed by atoms with Crippen molar-refractivity contribution in [3.05, 3.63) is 12.2 Å². The molecule has 82 valence electrons. The molecule has 3 atom stereocenters. The Morgan fingerprint density at radius 3 is 2.50 bits per heavy atom. The Bertz CT molecular complexity index is 217. The first-order valence-electron chi connectivity index (χ1n) is 5.77. The van der Waals surface area contributed by atoms with E-state index in [4.69, 9.17) is 0 Å². The fraction of sp³-hybridized carbons (Fsp3) is 0.846. The van der Waals surface area contributed by atoms with Gasteiger partial charge >= 0.3 is 0 Å². The van der Waals surface area contributed by atoms with E-state index in [0.29, 0.717) is 11.8 Å². The molecule has 1 heteroatoms. The zero-order valence-electron chi connectivity index (χ0n) is 10.0. The van der Waals surface area contributed by atoms with E-state index in [9.17, 15) is 5.11 Å². The first-order chi connectivity index (χ1) is 6.41. The molecule has 1 aliphatic rings. The highest BCUT2D eigenvalue weighted by atomic mass is 16.3. The molecule has 0 saturated heterocycles. The molecule has 3 unspecified atom stereocenters. The van der Waals surface area contributed by atoms with Gasteiger partial charge in [-0.2, -0.15) is 0 Å². The predicted octanol–water partition coefficient (Wildman–Crippen LogP) is 3.39. The van der Waals surface area contributed by atoms with Crippen molar-refractivity contribution in [2.45, 2.75) is 53.1 Å². The van der Waals surface area contributed by atoms with Crippen molar-refractivity contribution in [1.29, 1.82) is 0 Å². The fourth-order valence-electron chi connectivity index (χ4n) is 2.83. The second kappa shape index (κ2) is 4.06. The van der Waals surface area contributed by atoms with E-state index in [1.807, 2.05) is 0 Å². The van der Waals surface area contributed by atoms with Crippen LogP contribution in [0.25, 0.3) is 0 Å². The molecular formula is C13H24O. The highest BCUT2D eigenvalue weighted by Gasteiger charge is 2.41. The summed E-state index contributed by atoms with van der Waals surface area (Å²) in [5.41, 5.74) is 1.58. The maximum Gasteiger partial charge on any atom is 0.0566 e. The number of hydrogen-bond acceptors (Lipinski definition) is 1. The molecule has 0 heterocycles. The van der Waals surface area contributed by atoms with E-state index in [2.05, 4.69) is 34.3 Å². The van der Waals surface area contributed by atoms with Crippen LogP contribution in [-0.4, -0.2) is 11.2 Å². The van der Waals surface area contributed by atoms with Crippen LogP contribution in [0.1, 0.15) is 47.0 Å². The second-order valence-corrected chi connectivity index (χ2v) is 5.31. The zero-order valence-corrected chi connectivity index (χ0v) is 10.0. The average molecular weight is 196 g/mol. The number of hydrogen-bond donors (Lipinski definition) is 1. The Morgan fingerprint density at radius 1 is 1.57 bits per heavy atom. The number of allylic oxidation sites excluding steroid dienone is 1. The van der Waals surface area contributed by atoms with Gasteiger partial charge in [0.25, 0.3) is 0 Å². The lowest BCUT2D eigenvalue weighted by atomic mass is 9.71. The van der Waals surface area contributed by atoms with Crippen LogP contribution in [0.5, 0.6) is 0 Å². The van der Waals surface area contributed by atoms with Crippen LogP contribution in [0.4, 0.5) is 0 Å². The molecule has 0 aliphatic heterocycles. The second-order valence-electron chi connectivity index (χ2n) is 5.31. The normalized spacial score (nSPS) is 30.4. The molecule has 1 N–H and O–H groups in total. The van der Waals surface area contributed by atoms with Gasteiger partial charge in [-0.05, 0) is 36.5 Å². The summed E-state index contributed by atoms with van der Waals surface area (Å²) < 4.78 is 0. The van der Waals surface area contributed by atoms with Gasteiger partial charge in [-0.1, -0.05) is 39.8 Å². The molecule has 0 aromatic rings. The van der Waals surface area contributed by atoms with Gasteiger partial charge < -0.3 is 5.11 Å². The summed E-state index contributed by atoms with van der Waals surface area (Å²) in [6, 6.07) is 0. The standard InChI is InChI=1S/C13H24O/c1-6-12(14)10(3)11-8-7-9(2)13(11,4)5/h10-12,14H,2,6-8H2,1,3-5H3. The van der Waals surface area contributed by atoms with Crippen LogP contribution < -0.4 is 0 Å². The first-order valence-corrected chi connectivity index (χ1v) is 5.77. The Morgan fingerprint density at radius 2 is 2.14 bits per heavy atom. The lowest BCUT2D eigenvalue weighted by Crippen LogP contribution is -2.32. The average Bonchev–Trinajstić information content (AvgIpc) is 2.40. The highest BCUT2D eigenvalue weighted by molar-refractivity contribution is 5.16. The van der Waals surface area contributed by atoms with Gasteiger partial charge in [0.15, 0.2) is 0 Å². The molecule has 1 rings (SSSR count). The van der Waals surface area contributed by atoms with Crippen LogP contribution in [-0.2, 0) is 0 Å². The topological polar surface area (TPSA) is 20.2 Å². The number of aliphatic hydroxyl groups is 1. The lowest BCUT2D eigenvalue weighted by molar-refractivity contribution is 0.0523. The summed E-state index contributed by atoms with van der Waals surface area (Å²) in [4.78, 5) is 0. The van der Waals surface area contributed by atoms with Crippen LogP contribution >= 0.6 is 0 Å². The Kier molecular flexibility index (Phi) is 3.41. The molecule has 0 bridgehead atoms. The molecule has 1 fully saturated rings. The maximum atomic E-state index is 9.88. The summed E-state index contributed by atoms with van der Waals surface area (Å²) in [5.74, 6) is 0.999. The highest BCUT2D eigenvalue weighted by Crippen LogP contribution is 2.50. The molecule has 0 amide bonds. The molecule has 0 aromatic heterocycles. The minimum atomic E-state index is -0.148. The van der Waals surface area contributed by atoms with Gasteiger partial charge in [0.2, 0.25) is 0 Å². The summed E-state index contributed by atoms with van der Waals surface area (Å²) in [6.07, 6.45) is 3.05. The van der Waals surface area contributed by atoms with Crippen LogP contribution in [0.15, 0.2) is 12.2 Å². The minimum Gasteiger partial charge on any atom is -0.393 e. The van der Waals surface area contributed by atoms with E-state index in [1.54, 1.807) is 0 Å². The Balaban J connectivity index is 2.74. The smallest absolute Gasteiger partial charge is 0.0566 e. The molecule has 1 saturated carbocycles. The first kappa shape index (κ1) is 11.8. The third-order valence-corrected chi connectivity index (χ3v) is 4.26. The third-order valence-electron chi connectivity index (χ3n) is 4.26. The van der Waals surface area contributed by atoms with Gasteiger partial charge in [-0.15, -0.1) is 0 Å². The molecule has 0 aromatic carbocycles. The Labute approximate surface area is 88.2 Å². The predicted molar refractivity (Wildman–Crippen MR) is 61.1 cm³/mol. The summed E-state index contributed by atoms with van der Waals surface area (Å²) >= 11 is 0. The van der Waals surface area contributed by atoms with Gasteiger partial charge in [0.05, 0.1) is 6.10 Å². The van der Waals surface area contributed by atoms with Gasteiger partial charge in [0, 0.05) is 0 Å². The molecule has 14 heavy (non-hydrogen) atoms. The van der Waals surface area contributed by atoms with Crippen molar-refractivity contribution in [2.24, 2.45) is 17.3 Å². The monoisotopic (exact) mass is 196 g/mol. The largest absolute Gasteiger partial charge is 0.393 e. The number of rotatable bonds is 3. The summed E-state index contributed by atoms with van der Waals surface area (Å²) in [7, 11) is 0. The van der Waals surface area contributed by atoms with Crippen LogP contribution in [0.2, 0.25) is 0 Å². The van der Waals surface area contributed by atoms with E-state index in [1.165, 1.54) is 12.0 Å². The molecule has 0 radical (unpaired) electrons. The summed E-state index contributed by atoms with van der Waals surface area (Å²) in [5, 5.41) is 9.88. The van der Waals surface area contributed by atoms with Crippen molar-refractivity contribution in [1.82, 2.24) is 0 Å². The Hall–Kier alpha value is -0.300. The fourth-order valence-corrected chi connectivity index (χ4v) is 2.83. The van der Waals surface area contributed by atoms with E-state index in [-0.39, 0.29) is 11.5 Å². The van der Waals surface area contributed by atoms with Gasteiger partial charge in [0.1, 0.15) is 0 Å². The van der Waals surface area contributed by atoms with Crippen LogP contribution in [0.3, 0.4) is 0 Å². The molecule has 1 nitrogen and oxygen atoms in total. The van der Waals surface area contributed by atoms with E-state index < -0.39 is 0 Å². The molecule has 1 aliphatic carbocycles. The number of aliphatic hydroxyl groups excluding tert-OH is 1. The van der Waals surface area contributed by atoms with Crippen molar-refractivity contribution >= 4 is 0 Å². The zero-order chi connectivity index (χ0) is 10.9. The van der Waals surface area contributed by atoms with Crippen molar-refractivity contribution in [3.63, 3.8) is 0 Å². The van der Waals surface area contributed by atoms with Crippen LogP contribution in [0, 0.1) is 17.3 Å². The SMILES string of the molecule is C=C1CCC(C(C)C(O)CC)C1(C)C. The minimum absolute atomic E-state index is 0.148. The van der Waals surface area contributed by atoms with E-state index in [0.717, 1.165) is 12.8 Å². The van der Waals surface area contributed by atoms with Crippen molar-refractivity contribution in [2.75, 3.05) is 0 Å². The summed E-state index contributed by atoms with van der Waals surface area (Å²) in [6.45, 7) is 12.9. The van der Waals surface area contributed by atoms with E-state index >= 15 is 0 Å². The lowest BCUT2D eigenvalue weighted by Gasteiger charge is -2.35. The maximum absolute atomic E-state index is 9.88. The quantitative estimate of drug-likeness (QED) is 0.686. The van der Waals surface area contributed by atoms with Crippen molar-refractivity contribution in [3.8, 4) is 0 Å². The van der Waals surface area contributed by atoms with Gasteiger partial charge in [-0.3, -0.25) is 0 Å². The van der Waals surface area contributed by atoms with Gasteiger partial charge in [-0.25, -0.2) is 0 Å². The molecular weight excluding hydrogens is 172 g/mol. The molecule has 0 spiro atoms. The van der Waals surface area contributed by atoms with Crippen molar-refractivity contribution < 1.29 is 5.11 Å². The third kappa shape index (κ3) is 1.88.